The van der Waals surface area contributed by atoms with E-state index in [9.17, 15) is 4.79 Å². The van der Waals surface area contributed by atoms with Crippen LogP contribution in [0.3, 0.4) is 0 Å². The van der Waals surface area contributed by atoms with Gasteiger partial charge in [0, 0.05) is 15.9 Å². The highest BCUT2D eigenvalue weighted by atomic mass is 79.9. The van der Waals surface area contributed by atoms with Crippen LogP contribution in [0.5, 0.6) is 0 Å². The average molecular weight is 405 g/mol. The molecule has 0 unspecified atom stereocenters. The van der Waals surface area contributed by atoms with Gasteiger partial charge < -0.3 is 0 Å². The van der Waals surface area contributed by atoms with Gasteiger partial charge in [-0.15, -0.1) is 11.8 Å². The minimum atomic E-state index is -0.0611. The van der Waals surface area contributed by atoms with E-state index in [1.807, 2.05) is 37.3 Å². The molecule has 2 rings (SSSR count). The second-order valence-electron chi connectivity index (χ2n) is 5.49. The van der Waals surface area contributed by atoms with Crippen molar-refractivity contribution < 1.29 is 4.79 Å². The molecule has 0 saturated carbocycles. The highest BCUT2D eigenvalue weighted by Gasteiger charge is 2.02. The lowest BCUT2D eigenvalue weighted by molar-refractivity contribution is -0.118. The van der Waals surface area contributed by atoms with Crippen LogP contribution in [0.2, 0.25) is 0 Å². The summed E-state index contributed by atoms with van der Waals surface area (Å²) in [5.41, 5.74) is 6.05. The lowest BCUT2D eigenvalue weighted by Crippen LogP contribution is -2.21. The lowest BCUT2D eigenvalue weighted by Gasteiger charge is -2.04. The Kier molecular flexibility index (Phi) is 8.05. The van der Waals surface area contributed by atoms with Gasteiger partial charge in [-0.1, -0.05) is 58.4 Å². The summed E-state index contributed by atoms with van der Waals surface area (Å²) in [5.74, 6) is 1.15. The number of rotatable bonds is 8. The predicted molar refractivity (Wildman–Crippen MR) is 106 cm³/mol. The van der Waals surface area contributed by atoms with Crippen molar-refractivity contribution in [3.8, 4) is 0 Å². The minimum absolute atomic E-state index is 0.0611. The standard InChI is InChI=1S/C19H21BrN2OS/c1-15(10-11-16-6-3-2-4-7-16)21-22-19(23)14-24-13-17-8-5-9-18(20)12-17/h2-9,12H,10-11,13-14H2,1H3,(H,22,23)/b21-15-. The Hall–Kier alpha value is -1.59. The molecule has 2 aromatic carbocycles. The van der Waals surface area contributed by atoms with Gasteiger partial charge in [0.1, 0.15) is 0 Å². The topological polar surface area (TPSA) is 41.5 Å². The zero-order valence-electron chi connectivity index (χ0n) is 13.7. The molecule has 0 aliphatic rings. The normalized spacial score (nSPS) is 11.3. The maximum Gasteiger partial charge on any atom is 0.250 e. The van der Waals surface area contributed by atoms with Crippen LogP contribution in [0.25, 0.3) is 0 Å². The van der Waals surface area contributed by atoms with Crippen LogP contribution in [0.4, 0.5) is 0 Å². The first-order valence-corrected chi connectivity index (χ1v) is 9.76. The molecule has 5 heteroatoms. The second kappa shape index (κ2) is 10.3. The predicted octanol–water partition coefficient (Wildman–Crippen LogP) is 4.81. The number of thioether (sulfide) groups is 1. The number of benzene rings is 2. The summed E-state index contributed by atoms with van der Waals surface area (Å²) < 4.78 is 1.06. The highest BCUT2D eigenvalue weighted by Crippen LogP contribution is 2.16. The Labute approximate surface area is 156 Å². The molecule has 0 heterocycles. The van der Waals surface area contributed by atoms with E-state index >= 15 is 0 Å². The van der Waals surface area contributed by atoms with Gasteiger partial charge in [0.25, 0.3) is 0 Å². The van der Waals surface area contributed by atoms with Gasteiger partial charge in [0.15, 0.2) is 0 Å². The van der Waals surface area contributed by atoms with Crippen molar-refractivity contribution in [2.45, 2.75) is 25.5 Å². The molecule has 3 nitrogen and oxygen atoms in total. The zero-order chi connectivity index (χ0) is 17.2. The van der Waals surface area contributed by atoms with Crippen molar-refractivity contribution in [3.05, 3.63) is 70.2 Å². The van der Waals surface area contributed by atoms with Crippen LogP contribution in [0.1, 0.15) is 24.5 Å². The fourth-order valence-electron chi connectivity index (χ4n) is 2.10. The monoisotopic (exact) mass is 404 g/mol. The van der Waals surface area contributed by atoms with Gasteiger partial charge >= 0.3 is 0 Å². The molecule has 0 fully saturated rings. The molecule has 0 aliphatic heterocycles. The number of hydrazone groups is 1. The fourth-order valence-corrected chi connectivity index (χ4v) is 3.32. The van der Waals surface area contributed by atoms with E-state index in [1.54, 1.807) is 11.8 Å². The molecule has 24 heavy (non-hydrogen) atoms. The molecular weight excluding hydrogens is 384 g/mol. The Bertz CT molecular complexity index is 689. The number of nitrogens with zero attached hydrogens (tertiary/aromatic N) is 1. The summed E-state index contributed by atoms with van der Waals surface area (Å²) in [6, 6.07) is 18.4. The number of hydrogen-bond acceptors (Lipinski definition) is 3. The molecule has 0 bridgehead atoms. The van der Waals surface area contributed by atoms with Gasteiger partial charge in [-0.3, -0.25) is 4.79 Å². The first kappa shape index (κ1) is 18.7. The van der Waals surface area contributed by atoms with Crippen molar-refractivity contribution in [2.75, 3.05) is 5.75 Å². The number of carbonyl (C=O) groups excluding carboxylic acids is 1. The van der Waals surface area contributed by atoms with E-state index < -0.39 is 0 Å². The molecule has 126 valence electrons. The van der Waals surface area contributed by atoms with Crippen LogP contribution in [-0.4, -0.2) is 17.4 Å². The number of nitrogens with one attached hydrogen (secondary N) is 1. The zero-order valence-corrected chi connectivity index (χ0v) is 16.1. The van der Waals surface area contributed by atoms with Gasteiger partial charge in [-0.2, -0.15) is 5.10 Å². The molecule has 0 radical (unpaired) electrons. The highest BCUT2D eigenvalue weighted by molar-refractivity contribution is 9.10. The van der Waals surface area contributed by atoms with Crippen molar-refractivity contribution in [1.29, 1.82) is 0 Å². The van der Waals surface area contributed by atoms with E-state index in [4.69, 9.17) is 0 Å². The summed E-state index contributed by atoms with van der Waals surface area (Å²) in [5, 5.41) is 4.18. The Balaban J connectivity index is 1.66. The molecule has 0 saturated heterocycles. The maximum atomic E-state index is 11.8. The molecular formula is C19H21BrN2OS. The van der Waals surface area contributed by atoms with Crippen LogP contribution in [0.15, 0.2) is 64.2 Å². The lowest BCUT2D eigenvalue weighted by atomic mass is 10.1. The number of halogens is 1. The number of hydrogen-bond donors (Lipinski definition) is 1. The van der Waals surface area contributed by atoms with Crippen molar-refractivity contribution >= 4 is 39.3 Å². The molecule has 2 aromatic rings. The molecule has 0 aliphatic carbocycles. The smallest absolute Gasteiger partial charge is 0.250 e. The number of aryl methyl sites for hydroxylation is 1. The second-order valence-corrected chi connectivity index (χ2v) is 7.39. The van der Waals surface area contributed by atoms with E-state index in [0.717, 1.165) is 28.8 Å². The first-order valence-electron chi connectivity index (χ1n) is 7.81. The molecule has 0 atom stereocenters. The van der Waals surface area contributed by atoms with Crippen LogP contribution < -0.4 is 5.43 Å². The summed E-state index contributed by atoms with van der Waals surface area (Å²) in [6.07, 6.45) is 1.78. The van der Waals surface area contributed by atoms with Gasteiger partial charge in [0.2, 0.25) is 5.91 Å². The van der Waals surface area contributed by atoms with Crippen molar-refractivity contribution in [1.82, 2.24) is 5.43 Å². The first-order chi connectivity index (χ1) is 11.6. The molecule has 0 spiro atoms. The average Bonchev–Trinajstić information content (AvgIpc) is 2.59. The maximum absolute atomic E-state index is 11.8. The largest absolute Gasteiger partial charge is 0.272 e. The third kappa shape index (κ3) is 7.32. The van der Waals surface area contributed by atoms with Crippen LogP contribution >= 0.6 is 27.7 Å². The summed E-state index contributed by atoms with van der Waals surface area (Å²) in [7, 11) is 0. The summed E-state index contributed by atoms with van der Waals surface area (Å²) in [4.78, 5) is 11.8. The quantitative estimate of drug-likeness (QED) is 0.506. The Morgan fingerprint density at radius 3 is 2.62 bits per heavy atom. The SMILES string of the molecule is C/C(CCc1ccccc1)=N/NC(=O)CSCc1cccc(Br)c1. The van der Waals surface area contributed by atoms with Crippen molar-refractivity contribution in [3.63, 3.8) is 0 Å². The fraction of sp³-hybridized carbons (Fsp3) is 0.263. The Morgan fingerprint density at radius 1 is 1.12 bits per heavy atom. The third-order valence-electron chi connectivity index (χ3n) is 3.38. The van der Waals surface area contributed by atoms with Gasteiger partial charge in [0.05, 0.1) is 5.75 Å². The molecule has 1 amide bonds. The molecule has 0 aromatic heterocycles. The molecule has 1 N–H and O–H groups in total. The third-order valence-corrected chi connectivity index (χ3v) is 4.88. The number of carbonyl (C=O) groups is 1. The van der Waals surface area contributed by atoms with Crippen LogP contribution in [0, 0.1) is 0 Å². The van der Waals surface area contributed by atoms with Gasteiger partial charge in [-0.25, -0.2) is 5.43 Å². The summed E-state index contributed by atoms with van der Waals surface area (Å²) in [6.45, 7) is 1.94. The summed E-state index contributed by atoms with van der Waals surface area (Å²) >= 11 is 5.03. The van der Waals surface area contributed by atoms with E-state index in [-0.39, 0.29) is 5.91 Å². The number of amides is 1. The van der Waals surface area contributed by atoms with Crippen molar-refractivity contribution in [2.24, 2.45) is 5.10 Å². The van der Waals surface area contributed by atoms with E-state index in [2.05, 4.69) is 50.7 Å². The Morgan fingerprint density at radius 2 is 1.88 bits per heavy atom. The van der Waals surface area contributed by atoms with E-state index in [0.29, 0.717) is 5.75 Å². The minimum Gasteiger partial charge on any atom is -0.272 e. The van der Waals surface area contributed by atoms with E-state index in [1.165, 1.54) is 11.1 Å². The van der Waals surface area contributed by atoms with Gasteiger partial charge in [-0.05, 0) is 43.0 Å². The van der Waals surface area contributed by atoms with Crippen LogP contribution in [-0.2, 0) is 17.0 Å².